The molecule has 0 radical (unpaired) electrons. The zero-order chi connectivity index (χ0) is 15.7. The van der Waals surface area contributed by atoms with Crippen molar-refractivity contribution >= 4 is 0 Å². The maximum Gasteiger partial charge on any atom is 0.138 e. The molecule has 1 N–H and O–H groups in total. The molecule has 0 aromatic carbocycles. The number of nitrogens with zero attached hydrogens (tertiary/aromatic N) is 3. The van der Waals surface area contributed by atoms with Gasteiger partial charge < -0.3 is 10.1 Å². The molecule has 1 heterocycles. The third-order valence-electron chi connectivity index (χ3n) is 3.60. The second kappa shape index (κ2) is 9.90. The molecule has 21 heavy (non-hydrogen) atoms. The smallest absolute Gasteiger partial charge is 0.138 e. The molecule has 122 valence electrons. The van der Waals surface area contributed by atoms with Gasteiger partial charge in [-0.3, -0.25) is 0 Å². The van der Waals surface area contributed by atoms with Gasteiger partial charge in [-0.05, 0) is 40.2 Å². The van der Waals surface area contributed by atoms with Crippen LogP contribution in [0.3, 0.4) is 0 Å². The second-order valence-electron chi connectivity index (χ2n) is 5.76. The van der Waals surface area contributed by atoms with Gasteiger partial charge in [-0.25, -0.2) is 9.67 Å². The minimum absolute atomic E-state index is 0.240. The highest BCUT2D eigenvalue weighted by Gasteiger charge is 2.23. The monoisotopic (exact) mass is 296 g/mol. The first kappa shape index (κ1) is 18.1. The van der Waals surface area contributed by atoms with Gasteiger partial charge in [0.15, 0.2) is 0 Å². The molecule has 0 aliphatic carbocycles. The maximum atomic E-state index is 5.97. The fourth-order valence-corrected chi connectivity index (χ4v) is 2.61. The van der Waals surface area contributed by atoms with Crippen LogP contribution in [0.25, 0.3) is 0 Å². The standard InChI is InChI=1S/C16H32N4O/c1-6-9-15(21-8-3)14(17-10-7-2)11-16-18-12-19-20(16)13(4)5/h12-15,17H,6-11H2,1-5H3. The Morgan fingerprint density at radius 2 is 2.00 bits per heavy atom. The van der Waals surface area contributed by atoms with E-state index < -0.39 is 0 Å². The summed E-state index contributed by atoms with van der Waals surface area (Å²) in [6.07, 6.45) is 6.09. The quantitative estimate of drug-likeness (QED) is 0.682. The van der Waals surface area contributed by atoms with Crippen molar-refractivity contribution in [1.29, 1.82) is 0 Å². The van der Waals surface area contributed by atoms with Crippen molar-refractivity contribution in [3.8, 4) is 0 Å². The van der Waals surface area contributed by atoms with E-state index in [1.807, 2.05) is 4.68 Å². The van der Waals surface area contributed by atoms with Gasteiger partial charge in [0, 0.05) is 25.1 Å². The summed E-state index contributed by atoms with van der Waals surface area (Å²) < 4.78 is 7.98. The van der Waals surface area contributed by atoms with Crippen molar-refractivity contribution in [2.24, 2.45) is 0 Å². The molecule has 0 saturated heterocycles. The summed E-state index contributed by atoms with van der Waals surface area (Å²) >= 11 is 0. The Balaban J connectivity index is 2.82. The van der Waals surface area contributed by atoms with Crippen LogP contribution in [0.4, 0.5) is 0 Å². The zero-order valence-corrected chi connectivity index (χ0v) is 14.3. The van der Waals surface area contributed by atoms with Crippen molar-refractivity contribution in [2.45, 2.75) is 78.5 Å². The van der Waals surface area contributed by atoms with Gasteiger partial charge in [-0.1, -0.05) is 20.3 Å². The van der Waals surface area contributed by atoms with Crippen molar-refractivity contribution in [3.63, 3.8) is 0 Å². The third kappa shape index (κ3) is 5.75. The summed E-state index contributed by atoms with van der Waals surface area (Å²) in [6.45, 7) is 12.5. The molecule has 0 fully saturated rings. The number of aromatic nitrogens is 3. The maximum absolute atomic E-state index is 5.97. The highest BCUT2D eigenvalue weighted by molar-refractivity contribution is 4.94. The molecule has 0 spiro atoms. The minimum Gasteiger partial charge on any atom is -0.377 e. The summed E-state index contributed by atoms with van der Waals surface area (Å²) in [5.74, 6) is 1.04. The second-order valence-corrected chi connectivity index (χ2v) is 5.76. The molecule has 1 rings (SSSR count). The average Bonchev–Trinajstić information content (AvgIpc) is 2.91. The molecule has 5 heteroatoms. The fourth-order valence-electron chi connectivity index (χ4n) is 2.61. The molecule has 0 amide bonds. The molecule has 1 aromatic heterocycles. The van der Waals surface area contributed by atoms with Crippen LogP contribution in [0.15, 0.2) is 6.33 Å². The number of hydrogen-bond donors (Lipinski definition) is 1. The Morgan fingerprint density at radius 1 is 1.24 bits per heavy atom. The van der Waals surface area contributed by atoms with Gasteiger partial charge in [0.2, 0.25) is 0 Å². The molecule has 2 atom stereocenters. The first-order valence-electron chi connectivity index (χ1n) is 8.37. The van der Waals surface area contributed by atoms with E-state index in [9.17, 15) is 0 Å². The van der Waals surface area contributed by atoms with Gasteiger partial charge in [-0.15, -0.1) is 0 Å². The lowest BCUT2D eigenvalue weighted by molar-refractivity contribution is 0.0274. The van der Waals surface area contributed by atoms with Crippen LogP contribution in [0.2, 0.25) is 0 Å². The van der Waals surface area contributed by atoms with Crippen LogP contribution in [-0.4, -0.2) is 40.1 Å². The van der Waals surface area contributed by atoms with Crippen LogP contribution < -0.4 is 5.32 Å². The zero-order valence-electron chi connectivity index (χ0n) is 14.3. The molecular weight excluding hydrogens is 264 g/mol. The van der Waals surface area contributed by atoms with E-state index in [-0.39, 0.29) is 6.10 Å². The van der Waals surface area contributed by atoms with Crippen LogP contribution >= 0.6 is 0 Å². The Morgan fingerprint density at radius 3 is 2.57 bits per heavy atom. The van der Waals surface area contributed by atoms with E-state index in [0.717, 1.165) is 44.7 Å². The van der Waals surface area contributed by atoms with Gasteiger partial charge in [-0.2, -0.15) is 5.10 Å². The van der Waals surface area contributed by atoms with Crippen LogP contribution in [0.1, 0.15) is 65.7 Å². The minimum atomic E-state index is 0.240. The van der Waals surface area contributed by atoms with Crippen molar-refractivity contribution in [3.05, 3.63) is 12.2 Å². The molecule has 0 aliphatic rings. The lowest BCUT2D eigenvalue weighted by Gasteiger charge is -2.28. The van der Waals surface area contributed by atoms with Crippen molar-refractivity contribution in [1.82, 2.24) is 20.1 Å². The molecule has 5 nitrogen and oxygen atoms in total. The lowest BCUT2D eigenvalue weighted by atomic mass is 10.0. The van der Waals surface area contributed by atoms with Gasteiger partial charge >= 0.3 is 0 Å². The Bertz CT molecular complexity index is 372. The number of ether oxygens (including phenoxy) is 1. The first-order valence-corrected chi connectivity index (χ1v) is 8.37. The number of rotatable bonds is 11. The van der Waals surface area contributed by atoms with Crippen molar-refractivity contribution in [2.75, 3.05) is 13.2 Å². The van der Waals surface area contributed by atoms with Crippen LogP contribution in [0.5, 0.6) is 0 Å². The predicted molar refractivity (Wildman–Crippen MR) is 86.5 cm³/mol. The molecular formula is C16H32N4O. The summed E-state index contributed by atoms with van der Waals surface area (Å²) in [6, 6.07) is 0.637. The van der Waals surface area contributed by atoms with E-state index in [0.29, 0.717) is 12.1 Å². The van der Waals surface area contributed by atoms with E-state index in [1.54, 1.807) is 6.33 Å². The number of nitrogens with one attached hydrogen (secondary N) is 1. The molecule has 0 aliphatic heterocycles. The van der Waals surface area contributed by atoms with E-state index in [1.165, 1.54) is 0 Å². The van der Waals surface area contributed by atoms with E-state index in [2.05, 4.69) is 50.0 Å². The first-order chi connectivity index (χ1) is 10.1. The van der Waals surface area contributed by atoms with E-state index >= 15 is 0 Å². The van der Waals surface area contributed by atoms with Crippen LogP contribution in [0, 0.1) is 0 Å². The molecule has 1 aromatic rings. The Labute approximate surface area is 129 Å². The Hall–Kier alpha value is -0.940. The fraction of sp³-hybridized carbons (Fsp3) is 0.875. The van der Waals surface area contributed by atoms with Crippen LogP contribution in [-0.2, 0) is 11.2 Å². The lowest BCUT2D eigenvalue weighted by Crippen LogP contribution is -2.44. The molecule has 0 saturated carbocycles. The summed E-state index contributed by atoms with van der Waals surface area (Å²) in [5, 5.41) is 7.97. The molecule has 2 unspecified atom stereocenters. The summed E-state index contributed by atoms with van der Waals surface area (Å²) in [5.41, 5.74) is 0. The highest BCUT2D eigenvalue weighted by atomic mass is 16.5. The summed E-state index contributed by atoms with van der Waals surface area (Å²) in [4.78, 5) is 4.44. The SMILES string of the molecule is CCCNC(Cc1ncnn1C(C)C)C(CCC)OCC. The predicted octanol–water partition coefficient (Wildman–Crippen LogP) is 2.97. The van der Waals surface area contributed by atoms with Gasteiger partial charge in [0.1, 0.15) is 12.2 Å². The number of hydrogen-bond acceptors (Lipinski definition) is 4. The Kier molecular flexibility index (Phi) is 8.54. The van der Waals surface area contributed by atoms with Gasteiger partial charge in [0.05, 0.1) is 6.10 Å². The average molecular weight is 296 g/mol. The molecule has 0 bridgehead atoms. The summed E-state index contributed by atoms with van der Waals surface area (Å²) in [7, 11) is 0. The third-order valence-corrected chi connectivity index (χ3v) is 3.60. The van der Waals surface area contributed by atoms with Gasteiger partial charge in [0.25, 0.3) is 0 Å². The van der Waals surface area contributed by atoms with Crippen molar-refractivity contribution < 1.29 is 4.74 Å². The largest absolute Gasteiger partial charge is 0.377 e. The van der Waals surface area contributed by atoms with E-state index in [4.69, 9.17) is 4.74 Å². The topological polar surface area (TPSA) is 52.0 Å². The normalized spacial score (nSPS) is 14.6. The highest BCUT2D eigenvalue weighted by Crippen LogP contribution is 2.14.